The maximum Gasteiger partial charge on any atom is 0.349 e. The van der Waals surface area contributed by atoms with Gasteiger partial charge in [0.15, 0.2) is 0 Å². The molecule has 0 radical (unpaired) electrons. The van der Waals surface area contributed by atoms with E-state index in [0.717, 1.165) is 38.6 Å². The van der Waals surface area contributed by atoms with Gasteiger partial charge in [0.1, 0.15) is 9.88 Å². The summed E-state index contributed by atoms with van der Waals surface area (Å²) in [6.45, 7) is 8.36. The summed E-state index contributed by atoms with van der Waals surface area (Å²) in [6.07, 6.45) is 5.34. The number of thiazole rings is 1. The molecule has 0 N–H and O–H groups in total. The van der Waals surface area contributed by atoms with E-state index in [1.54, 1.807) is 6.20 Å². The zero-order valence-corrected chi connectivity index (χ0v) is 17.2. The monoisotopic (exact) mass is 395 g/mol. The molecule has 28 heavy (non-hydrogen) atoms. The molecule has 4 heterocycles. The molecule has 7 nitrogen and oxygen atoms in total. The van der Waals surface area contributed by atoms with Gasteiger partial charge in [-0.15, -0.1) is 11.3 Å². The number of esters is 1. The van der Waals surface area contributed by atoms with Gasteiger partial charge < -0.3 is 4.74 Å². The van der Waals surface area contributed by atoms with Gasteiger partial charge in [-0.05, 0) is 39.8 Å². The van der Waals surface area contributed by atoms with Crippen LogP contribution in [0, 0.1) is 13.8 Å². The SMILES string of the molecule is COC(=O)c1cnc(-c2ccn3ncc(-c4c(C)nn(C(C)C)c4C)c3c2)s1. The van der Waals surface area contributed by atoms with Crippen molar-refractivity contribution in [1.82, 2.24) is 24.4 Å². The molecule has 4 aromatic heterocycles. The van der Waals surface area contributed by atoms with Crippen molar-refractivity contribution in [3.8, 4) is 21.7 Å². The Hall–Kier alpha value is -3.00. The van der Waals surface area contributed by atoms with E-state index >= 15 is 0 Å². The van der Waals surface area contributed by atoms with Crippen LogP contribution in [0.3, 0.4) is 0 Å². The van der Waals surface area contributed by atoms with Gasteiger partial charge in [0.05, 0.1) is 30.7 Å². The number of methoxy groups -OCH3 is 1. The van der Waals surface area contributed by atoms with Crippen molar-refractivity contribution in [3.63, 3.8) is 0 Å². The number of fused-ring (bicyclic) bond motifs is 1. The maximum atomic E-state index is 11.7. The second-order valence-electron chi connectivity index (χ2n) is 6.91. The first-order chi connectivity index (χ1) is 13.4. The van der Waals surface area contributed by atoms with E-state index in [9.17, 15) is 4.79 Å². The molecule has 144 valence electrons. The summed E-state index contributed by atoms with van der Waals surface area (Å²) in [4.78, 5) is 16.6. The van der Waals surface area contributed by atoms with Crippen LogP contribution < -0.4 is 0 Å². The minimum Gasteiger partial charge on any atom is -0.465 e. The zero-order valence-electron chi connectivity index (χ0n) is 16.4. The Morgan fingerprint density at radius 3 is 2.71 bits per heavy atom. The van der Waals surface area contributed by atoms with Crippen LogP contribution in [0.25, 0.3) is 27.2 Å². The van der Waals surface area contributed by atoms with E-state index in [2.05, 4.69) is 30.9 Å². The second-order valence-corrected chi connectivity index (χ2v) is 7.94. The molecule has 0 spiro atoms. The second kappa shape index (κ2) is 6.87. The Balaban J connectivity index is 1.84. The van der Waals surface area contributed by atoms with E-state index in [4.69, 9.17) is 9.84 Å². The third kappa shape index (κ3) is 2.90. The van der Waals surface area contributed by atoms with Gasteiger partial charge in [0.25, 0.3) is 0 Å². The van der Waals surface area contributed by atoms with Gasteiger partial charge in [-0.3, -0.25) is 4.68 Å². The van der Waals surface area contributed by atoms with Crippen molar-refractivity contribution < 1.29 is 9.53 Å². The highest BCUT2D eigenvalue weighted by atomic mass is 32.1. The number of carbonyl (C=O) groups excluding carboxylic acids is 1. The largest absolute Gasteiger partial charge is 0.465 e. The minimum absolute atomic E-state index is 0.289. The molecule has 4 aromatic rings. The van der Waals surface area contributed by atoms with Gasteiger partial charge >= 0.3 is 5.97 Å². The third-order valence-electron chi connectivity index (χ3n) is 4.74. The molecule has 0 atom stereocenters. The van der Waals surface area contributed by atoms with Crippen LogP contribution in [0.2, 0.25) is 0 Å². The lowest BCUT2D eigenvalue weighted by Gasteiger charge is -2.08. The summed E-state index contributed by atoms with van der Waals surface area (Å²) in [5.74, 6) is -0.373. The van der Waals surface area contributed by atoms with Gasteiger partial charge in [-0.25, -0.2) is 14.3 Å². The fraction of sp³-hybridized carbons (Fsp3) is 0.300. The van der Waals surface area contributed by atoms with Crippen LogP contribution in [0.4, 0.5) is 0 Å². The summed E-state index contributed by atoms with van der Waals surface area (Å²) >= 11 is 1.31. The fourth-order valence-electron chi connectivity index (χ4n) is 3.46. The maximum absolute atomic E-state index is 11.7. The molecule has 4 rings (SSSR count). The Kier molecular flexibility index (Phi) is 4.50. The first kappa shape index (κ1) is 18.4. The number of hydrogen-bond donors (Lipinski definition) is 0. The topological polar surface area (TPSA) is 74.3 Å². The van der Waals surface area contributed by atoms with Crippen LogP contribution in [0.15, 0.2) is 30.7 Å². The number of nitrogens with zero attached hydrogens (tertiary/aromatic N) is 5. The van der Waals surface area contributed by atoms with E-state index in [0.29, 0.717) is 4.88 Å². The fourth-order valence-corrected chi connectivity index (χ4v) is 4.29. The van der Waals surface area contributed by atoms with E-state index < -0.39 is 0 Å². The molecule has 0 aliphatic rings. The molecule has 0 aliphatic carbocycles. The predicted molar refractivity (Wildman–Crippen MR) is 109 cm³/mol. The van der Waals surface area contributed by atoms with Crippen LogP contribution in [-0.2, 0) is 4.74 Å². The molecule has 0 saturated carbocycles. The molecule has 0 aliphatic heterocycles. The molecule has 0 fully saturated rings. The van der Waals surface area contributed by atoms with Crippen molar-refractivity contribution in [2.24, 2.45) is 0 Å². The lowest BCUT2D eigenvalue weighted by atomic mass is 10.0. The number of rotatable bonds is 4. The third-order valence-corrected chi connectivity index (χ3v) is 5.77. The zero-order chi connectivity index (χ0) is 20.0. The lowest BCUT2D eigenvalue weighted by Crippen LogP contribution is -2.04. The Labute approximate surface area is 166 Å². The highest BCUT2D eigenvalue weighted by molar-refractivity contribution is 7.16. The van der Waals surface area contributed by atoms with Crippen molar-refractivity contribution in [2.45, 2.75) is 33.7 Å². The van der Waals surface area contributed by atoms with Crippen molar-refractivity contribution in [3.05, 3.63) is 47.0 Å². The summed E-state index contributed by atoms with van der Waals surface area (Å²) < 4.78 is 8.67. The van der Waals surface area contributed by atoms with Crippen LogP contribution in [-0.4, -0.2) is 37.5 Å². The Morgan fingerprint density at radius 2 is 2.04 bits per heavy atom. The molecule has 0 aromatic carbocycles. The number of aromatic nitrogens is 5. The standard InChI is InChI=1S/C20H21N5O2S/c1-11(2)25-13(4)18(12(3)23-25)15-9-22-24-7-6-14(8-16(15)24)19-21-10-17(28-19)20(26)27-5/h6-11H,1-5H3. The molecule has 0 unspecified atom stereocenters. The Bertz CT molecular complexity index is 1180. The summed E-state index contributed by atoms with van der Waals surface area (Å²) in [5, 5.41) is 9.97. The normalized spacial score (nSPS) is 11.5. The Morgan fingerprint density at radius 1 is 1.25 bits per heavy atom. The highest BCUT2D eigenvalue weighted by Crippen LogP contribution is 2.34. The summed E-state index contributed by atoms with van der Waals surface area (Å²) in [5.41, 5.74) is 6.15. The predicted octanol–water partition coefficient (Wildman–Crippen LogP) is 4.31. The number of carbonyl (C=O) groups is 1. The van der Waals surface area contributed by atoms with Gasteiger partial charge in [-0.2, -0.15) is 10.2 Å². The summed E-state index contributed by atoms with van der Waals surface area (Å²) in [7, 11) is 1.37. The molecule has 8 heteroatoms. The first-order valence-corrected chi connectivity index (χ1v) is 9.80. The van der Waals surface area contributed by atoms with Crippen LogP contribution >= 0.6 is 11.3 Å². The van der Waals surface area contributed by atoms with E-state index in [1.165, 1.54) is 18.4 Å². The van der Waals surface area contributed by atoms with Gasteiger partial charge in [-0.1, -0.05) is 0 Å². The smallest absolute Gasteiger partial charge is 0.349 e. The van der Waals surface area contributed by atoms with Crippen molar-refractivity contribution in [2.75, 3.05) is 7.11 Å². The van der Waals surface area contributed by atoms with Gasteiger partial charge in [0.2, 0.25) is 0 Å². The highest BCUT2D eigenvalue weighted by Gasteiger charge is 2.19. The minimum atomic E-state index is -0.373. The molecular weight excluding hydrogens is 374 g/mol. The number of aryl methyl sites for hydroxylation is 1. The van der Waals surface area contributed by atoms with Gasteiger partial charge in [0, 0.05) is 34.6 Å². The van der Waals surface area contributed by atoms with E-state index in [-0.39, 0.29) is 12.0 Å². The van der Waals surface area contributed by atoms with Crippen molar-refractivity contribution >= 4 is 22.8 Å². The first-order valence-electron chi connectivity index (χ1n) is 8.98. The molecular formula is C20H21N5O2S. The lowest BCUT2D eigenvalue weighted by molar-refractivity contribution is 0.0606. The average molecular weight is 395 g/mol. The molecule has 0 saturated heterocycles. The molecule has 0 bridgehead atoms. The van der Waals surface area contributed by atoms with Crippen LogP contribution in [0.1, 0.15) is 40.9 Å². The number of hydrogen-bond acceptors (Lipinski definition) is 6. The van der Waals surface area contributed by atoms with E-state index in [1.807, 2.05) is 40.6 Å². The molecule has 0 amide bonds. The average Bonchev–Trinajstić information content (AvgIpc) is 3.38. The number of pyridine rings is 1. The number of ether oxygens (including phenoxy) is 1. The van der Waals surface area contributed by atoms with Crippen molar-refractivity contribution in [1.29, 1.82) is 0 Å². The quantitative estimate of drug-likeness (QED) is 0.482. The van der Waals surface area contributed by atoms with Crippen LogP contribution in [0.5, 0.6) is 0 Å². The summed E-state index contributed by atoms with van der Waals surface area (Å²) in [6, 6.07) is 4.28.